The summed E-state index contributed by atoms with van der Waals surface area (Å²) in [5.41, 5.74) is 3.46. The first-order chi connectivity index (χ1) is 14.7. The van der Waals surface area contributed by atoms with Crippen molar-refractivity contribution in [2.45, 2.75) is 4.90 Å². The zero-order valence-electron chi connectivity index (χ0n) is 15.5. The molecular weight excluding hydrogens is 428 g/mol. The number of aromatic carboxylic acids is 1. The number of hydrogen-bond acceptors (Lipinski definition) is 9. The van der Waals surface area contributed by atoms with E-state index in [0.29, 0.717) is 0 Å². The minimum Gasteiger partial charge on any atom is -0.478 e. The topological polar surface area (TPSA) is 175 Å². The minimum absolute atomic E-state index is 0.0799. The largest absolute Gasteiger partial charge is 0.478 e. The van der Waals surface area contributed by atoms with Gasteiger partial charge in [0.05, 0.1) is 21.8 Å². The third-order valence-corrected chi connectivity index (χ3v) is 4.81. The van der Waals surface area contributed by atoms with Gasteiger partial charge < -0.3 is 5.11 Å². The molecule has 0 heterocycles. The average Bonchev–Trinajstić information content (AvgIpc) is 2.73. The van der Waals surface area contributed by atoms with Gasteiger partial charge in [0.2, 0.25) is 10.9 Å². The minimum atomic E-state index is -4.42. The van der Waals surface area contributed by atoms with Crippen molar-refractivity contribution in [1.82, 2.24) is 0 Å². The summed E-state index contributed by atoms with van der Waals surface area (Å²) in [6.07, 6.45) is 0. The smallest absolute Gasteiger partial charge is 0.337 e. The lowest BCUT2D eigenvalue weighted by atomic mass is 10.2. The molecule has 0 amide bonds. The number of carbonyl (C=O) groups is 1. The number of carboxylic acid groups (broad SMARTS) is 1. The van der Waals surface area contributed by atoms with E-state index < -0.39 is 32.3 Å². The summed E-state index contributed by atoms with van der Waals surface area (Å²) in [5.74, 6) is -1.22. The van der Waals surface area contributed by atoms with Crippen LogP contribution >= 0.6 is 0 Å². The third-order valence-electron chi connectivity index (χ3n) is 3.96. The summed E-state index contributed by atoms with van der Waals surface area (Å²) in [5, 5.41) is 16.0. The van der Waals surface area contributed by atoms with Gasteiger partial charge in [0.25, 0.3) is 10.1 Å². The molecule has 3 rings (SSSR count). The third kappa shape index (κ3) is 5.07. The highest BCUT2D eigenvalue weighted by atomic mass is 32.2. The fourth-order valence-corrected chi connectivity index (χ4v) is 3.00. The summed E-state index contributed by atoms with van der Waals surface area (Å²) < 4.78 is 31.5. The van der Waals surface area contributed by atoms with Crippen molar-refractivity contribution < 1.29 is 22.9 Å². The highest BCUT2D eigenvalue weighted by molar-refractivity contribution is 7.85. The first kappa shape index (κ1) is 21.5. The quantitative estimate of drug-likeness (QED) is 0.304. The number of carboxylic acids is 1. The molecule has 4 N–H and O–H groups in total. The molecule has 31 heavy (non-hydrogen) atoms. The number of hydrogen-bond donors (Lipinski definition) is 4. The van der Waals surface area contributed by atoms with E-state index in [1.807, 2.05) is 0 Å². The molecule has 0 radical (unpaired) electrons. The van der Waals surface area contributed by atoms with Crippen molar-refractivity contribution in [3.63, 3.8) is 0 Å². The van der Waals surface area contributed by atoms with E-state index in [0.717, 1.165) is 18.2 Å². The standard InChI is InChI=1S/C19H14N4O7S/c24-16-9-8-15(22-20-11-4-3-5-12(10-11)31(28,29)30)18(25)17(16)23-21-14-7-2-1-6-13(14)19(26)27/h1-10,20-21H,(H,26,27)(H,28,29,30). The molecule has 0 saturated heterocycles. The molecule has 12 heteroatoms. The first-order valence-electron chi connectivity index (χ1n) is 8.51. The Labute approximate surface area is 174 Å². The Bertz CT molecular complexity index is 1490. The van der Waals surface area contributed by atoms with Gasteiger partial charge in [-0.05, 0) is 42.5 Å². The Morgan fingerprint density at radius 2 is 1.65 bits per heavy atom. The molecule has 0 aromatic heterocycles. The second-order valence-corrected chi connectivity index (χ2v) is 7.48. The lowest BCUT2D eigenvalue weighted by Gasteiger charge is -2.03. The van der Waals surface area contributed by atoms with Gasteiger partial charge in [-0.25, -0.2) is 4.79 Å². The van der Waals surface area contributed by atoms with Crippen molar-refractivity contribution in [2.75, 3.05) is 10.9 Å². The molecule has 0 saturated carbocycles. The van der Waals surface area contributed by atoms with Gasteiger partial charge in [-0.2, -0.15) is 18.6 Å². The van der Waals surface area contributed by atoms with E-state index in [1.165, 1.54) is 36.4 Å². The van der Waals surface area contributed by atoms with Crippen molar-refractivity contribution in [3.8, 4) is 0 Å². The van der Waals surface area contributed by atoms with Gasteiger partial charge in [0.15, 0.2) is 5.36 Å². The Morgan fingerprint density at radius 3 is 2.35 bits per heavy atom. The molecule has 0 atom stereocenters. The van der Waals surface area contributed by atoms with Crippen LogP contribution in [-0.4, -0.2) is 24.0 Å². The monoisotopic (exact) mass is 442 g/mol. The van der Waals surface area contributed by atoms with Gasteiger partial charge in [-0.3, -0.25) is 25.0 Å². The Kier molecular flexibility index (Phi) is 6.04. The van der Waals surface area contributed by atoms with Gasteiger partial charge >= 0.3 is 5.97 Å². The highest BCUT2D eigenvalue weighted by Gasteiger charge is 2.10. The summed E-state index contributed by atoms with van der Waals surface area (Å²) in [6, 6.07) is 13.1. The van der Waals surface area contributed by atoms with Crippen LogP contribution in [0.1, 0.15) is 10.4 Å². The summed E-state index contributed by atoms with van der Waals surface area (Å²) >= 11 is 0. The molecule has 3 aromatic rings. The van der Waals surface area contributed by atoms with E-state index >= 15 is 0 Å². The van der Waals surface area contributed by atoms with Crippen LogP contribution in [0.4, 0.5) is 11.4 Å². The number of rotatable bonds is 6. The maximum atomic E-state index is 12.6. The zero-order chi connectivity index (χ0) is 22.6. The van der Waals surface area contributed by atoms with Crippen LogP contribution in [0.3, 0.4) is 0 Å². The van der Waals surface area contributed by atoms with Gasteiger partial charge in [-0.1, -0.05) is 18.2 Å². The summed E-state index contributed by atoms with van der Waals surface area (Å²) in [4.78, 5) is 35.5. The molecule has 3 aromatic carbocycles. The number of nitrogens with zero attached hydrogens (tertiary/aromatic N) is 2. The van der Waals surface area contributed by atoms with E-state index in [9.17, 15) is 27.9 Å². The zero-order valence-corrected chi connectivity index (χ0v) is 16.3. The molecule has 158 valence electrons. The SMILES string of the molecule is O=C(O)c1ccccc1NN=c1c(=O)ccc(=NNc2cccc(S(=O)(=O)O)c2)c1=O. The molecule has 0 aliphatic carbocycles. The van der Waals surface area contributed by atoms with Crippen LogP contribution in [0, 0.1) is 0 Å². The van der Waals surface area contributed by atoms with Crippen LogP contribution < -0.4 is 32.4 Å². The fourth-order valence-electron chi connectivity index (χ4n) is 2.47. The molecular formula is C19H14N4O7S. The normalized spacial score (nSPS) is 12.5. The molecule has 11 nitrogen and oxygen atoms in total. The van der Waals surface area contributed by atoms with Crippen molar-refractivity contribution in [2.24, 2.45) is 10.2 Å². The molecule has 0 bridgehead atoms. The van der Waals surface area contributed by atoms with Gasteiger partial charge in [-0.15, -0.1) is 0 Å². The van der Waals surface area contributed by atoms with Crippen LogP contribution in [0.2, 0.25) is 0 Å². The van der Waals surface area contributed by atoms with Crippen LogP contribution in [0.25, 0.3) is 0 Å². The molecule has 0 spiro atoms. The maximum absolute atomic E-state index is 12.6. The molecule has 0 unspecified atom stereocenters. The van der Waals surface area contributed by atoms with E-state index in [2.05, 4.69) is 21.1 Å². The lowest BCUT2D eigenvalue weighted by Crippen LogP contribution is -2.48. The second kappa shape index (κ2) is 8.69. The Balaban J connectivity index is 1.99. The number of nitrogens with one attached hydrogen (secondary N) is 2. The number of anilines is 2. The number of benzene rings is 3. The van der Waals surface area contributed by atoms with E-state index in [4.69, 9.17) is 4.55 Å². The van der Waals surface area contributed by atoms with Crippen LogP contribution in [-0.2, 0) is 10.1 Å². The van der Waals surface area contributed by atoms with E-state index in [1.54, 1.807) is 6.07 Å². The molecule has 0 aliphatic rings. The van der Waals surface area contributed by atoms with E-state index in [-0.39, 0.29) is 27.2 Å². The summed E-state index contributed by atoms with van der Waals surface area (Å²) in [7, 11) is -4.42. The fraction of sp³-hybridized carbons (Fsp3) is 0. The van der Waals surface area contributed by atoms with Crippen LogP contribution in [0.5, 0.6) is 0 Å². The highest BCUT2D eigenvalue weighted by Crippen LogP contribution is 2.15. The van der Waals surface area contributed by atoms with Crippen molar-refractivity contribution in [1.29, 1.82) is 0 Å². The Hall–Kier alpha value is -4.16. The van der Waals surface area contributed by atoms with Gasteiger partial charge in [0.1, 0.15) is 5.36 Å². The summed E-state index contributed by atoms with van der Waals surface area (Å²) in [6.45, 7) is 0. The van der Waals surface area contributed by atoms with Crippen molar-refractivity contribution >= 4 is 27.5 Å². The Morgan fingerprint density at radius 1 is 0.903 bits per heavy atom. The van der Waals surface area contributed by atoms with Crippen LogP contribution in [0.15, 0.2) is 85.4 Å². The molecule has 0 aliphatic heterocycles. The maximum Gasteiger partial charge on any atom is 0.337 e. The number of para-hydroxylation sites is 1. The second-order valence-electron chi connectivity index (χ2n) is 6.06. The lowest BCUT2D eigenvalue weighted by molar-refractivity contribution is 0.0698. The first-order valence-corrected chi connectivity index (χ1v) is 9.95. The predicted molar refractivity (Wildman–Crippen MR) is 109 cm³/mol. The molecule has 0 fully saturated rings. The average molecular weight is 442 g/mol. The van der Waals surface area contributed by atoms with Crippen molar-refractivity contribution in [3.05, 3.63) is 97.4 Å². The predicted octanol–water partition coefficient (Wildman–Crippen LogP) is 0.0831. The van der Waals surface area contributed by atoms with Gasteiger partial charge in [0, 0.05) is 0 Å².